The third kappa shape index (κ3) is 2.62. The van der Waals surface area contributed by atoms with Crippen molar-refractivity contribution in [2.75, 3.05) is 14.2 Å². The summed E-state index contributed by atoms with van der Waals surface area (Å²) in [6.07, 6.45) is 1.89. The average molecular weight is 249 g/mol. The van der Waals surface area contributed by atoms with Gasteiger partial charge in [-0.05, 0) is 20.0 Å². The molecule has 2 rings (SSSR count). The molecule has 1 N–H and O–H groups in total. The van der Waals surface area contributed by atoms with Gasteiger partial charge in [-0.15, -0.1) is 11.3 Å². The molecule has 0 radical (unpaired) electrons. The van der Waals surface area contributed by atoms with Crippen LogP contribution in [-0.4, -0.2) is 24.1 Å². The van der Waals surface area contributed by atoms with Crippen LogP contribution in [0.25, 0.3) is 10.7 Å². The average Bonchev–Trinajstić information content (AvgIpc) is 2.87. The second kappa shape index (κ2) is 5.25. The highest BCUT2D eigenvalue weighted by Gasteiger charge is 2.10. The van der Waals surface area contributed by atoms with Crippen LogP contribution in [0.4, 0.5) is 0 Å². The Hall–Kier alpha value is -1.46. The van der Waals surface area contributed by atoms with Gasteiger partial charge in [0.2, 0.25) is 5.88 Å². The summed E-state index contributed by atoms with van der Waals surface area (Å²) in [5, 5.41) is 4.11. The summed E-state index contributed by atoms with van der Waals surface area (Å²) >= 11 is 1.65. The van der Waals surface area contributed by atoms with Crippen molar-refractivity contribution in [3.05, 3.63) is 29.3 Å². The number of hydrogen-bond donors (Lipinski definition) is 1. The highest BCUT2D eigenvalue weighted by molar-refractivity contribution is 7.15. The predicted molar refractivity (Wildman–Crippen MR) is 69.4 cm³/mol. The molecule has 0 aliphatic rings. The van der Waals surface area contributed by atoms with E-state index in [0.717, 1.165) is 10.7 Å². The molecule has 17 heavy (non-hydrogen) atoms. The number of pyridine rings is 1. The minimum Gasteiger partial charge on any atom is -0.481 e. The zero-order chi connectivity index (χ0) is 12.3. The lowest BCUT2D eigenvalue weighted by Crippen LogP contribution is -2.10. The molecular weight excluding hydrogens is 234 g/mol. The molecule has 2 aromatic rings. The van der Waals surface area contributed by atoms with E-state index < -0.39 is 0 Å². The Morgan fingerprint density at radius 1 is 1.41 bits per heavy atom. The summed E-state index contributed by atoms with van der Waals surface area (Å²) in [5.74, 6) is 0.612. The third-order valence-corrected chi connectivity index (χ3v) is 3.74. The molecule has 0 aromatic carbocycles. The molecule has 0 aliphatic carbocycles. The molecule has 0 saturated carbocycles. The van der Waals surface area contributed by atoms with Crippen LogP contribution in [0.5, 0.6) is 5.88 Å². The molecule has 90 valence electrons. The molecular formula is C12H15N3OS. The van der Waals surface area contributed by atoms with Crippen molar-refractivity contribution >= 4 is 11.3 Å². The standard InChI is InChI=1S/C12H15N3OS/c1-8(13-2)10-7-14-12(17-10)9-5-4-6-11(15-9)16-3/h4-8,13H,1-3H3. The van der Waals surface area contributed by atoms with Gasteiger partial charge in [0.05, 0.1) is 7.11 Å². The molecule has 0 amide bonds. The minimum atomic E-state index is 0.312. The van der Waals surface area contributed by atoms with E-state index >= 15 is 0 Å². The van der Waals surface area contributed by atoms with Crippen LogP contribution in [0.3, 0.4) is 0 Å². The molecule has 4 nitrogen and oxygen atoms in total. The summed E-state index contributed by atoms with van der Waals surface area (Å²) in [5.41, 5.74) is 0.851. The van der Waals surface area contributed by atoms with Gasteiger partial charge in [-0.1, -0.05) is 6.07 Å². The maximum Gasteiger partial charge on any atom is 0.213 e. The highest BCUT2D eigenvalue weighted by Crippen LogP contribution is 2.28. The SMILES string of the molecule is CNC(C)c1cnc(-c2cccc(OC)n2)s1. The zero-order valence-corrected chi connectivity index (χ0v) is 10.9. The first kappa shape index (κ1) is 12.0. The van der Waals surface area contributed by atoms with Crippen molar-refractivity contribution in [1.82, 2.24) is 15.3 Å². The molecule has 5 heteroatoms. The molecule has 0 saturated heterocycles. The minimum absolute atomic E-state index is 0.312. The first-order valence-electron chi connectivity index (χ1n) is 5.39. The van der Waals surface area contributed by atoms with Gasteiger partial charge in [0.25, 0.3) is 0 Å². The number of rotatable bonds is 4. The Morgan fingerprint density at radius 2 is 2.24 bits per heavy atom. The van der Waals surface area contributed by atoms with Gasteiger partial charge < -0.3 is 10.1 Å². The Bertz CT molecular complexity index is 498. The lowest BCUT2D eigenvalue weighted by atomic mass is 10.3. The van der Waals surface area contributed by atoms with E-state index in [1.165, 1.54) is 4.88 Å². The van der Waals surface area contributed by atoms with Crippen LogP contribution in [0.1, 0.15) is 17.8 Å². The normalized spacial score (nSPS) is 12.4. The van der Waals surface area contributed by atoms with Gasteiger partial charge in [0.1, 0.15) is 10.7 Å². The highest BCUT2D eigenvalue weighted by atomic mass is 32.1. The summed E-state index contributed by atoms with van der Waals surface area (Å²) in [6, 6.07) is 6.00. The topological polar surface area (TPSA) is 47.0 Å². The molecule has 1 unspecified atom stereocenters. The summed E-state index contributed by atoms with van der Waals surface area (Å²) < 4.78 is 5.11. The van der Waals surface area contributed by atoms with Crippen molar-refractivity contribution in [3.8, 4) is 16.6 Å². The van der Waals surface area contributed by atoms with Crippen molar-refractivity contribution < 1.29 is 4.74 Å². The second-order valence-corrected chi connectivity index (χ2v) is 4.71. The van der Waals surface area contributed by atoms with Crippen LogP contribution in [-0.2, 0) is 0 Å². The number of hydrogen-bond acceptors (Lipinski definition) is 5. The van der Waals surface area contributed by atoms with E-state index in [1.54, 1.807) is 18.4 Å². The fourth-order valence-electron chi connectivity index (χ4n) is 1.40. The number of thiazole rings is 1. The van der Waals surface area contributed by atoms with Gasteiger partial charge >= 0.3 is 0 Å². The Labute approximate surface area is 105 Å². The lowest BCUT2D eigenvalue weighted by Gasteiger charge is -2.04. The van der Waals surface area contributed by atoms with E-state index in [1.807, 2.05) is 31.4 Å². The van der Waals surface area contributed by atoms with Gasteiger partial charge in [-0.25, -0.2) is 9.97 Å². The van der Waals surface area contributed by atoms with E-state index in [-0.39, 0.29) is 0 Å². The van der Waals surface area contributed by atoms with Gasteiger partial charge in [0.15, 0.2) is 0 Å². The Kier molecular flexibility index (Phi) is 3.71. The van der Waals surface area contributed by atoms with Gasteiger partial charge in [0, 0.05) is 23.2 Å². The molecule has 0 aliphatic heterocycles. The zero-order valence-electron chi connectivity index (χ0n) is 10.1. The summed E-state index contributed by atoms with van der Waals surface area (Å²) in [6.45, 7) is 2.11. The number of nitrogens with zero attached hydrogens (tertiary/aromatic N) is 2. The molecule has 0 spiro atoms. The van der Waals surface area contributed by atoms with Crippen molar-refractivity contribution in [3.63, 3.8) is 0 Å². The van der Waals surface area contributed by atoms with Crippen molar-refractivity contribution in [1.29, 1.82) is 0 Å². The lowest BCUT2D eigenvalue weighted by molar-refractivity contribution is 0.398. The largest absolute Gasteiger partial charge is 0.481 e. The van der Waals surface area contributed by atoms with Crippen molar-refractivity contribution in [2.24, 2.45) is 0 Å². The Morgan fingerprint density at radius 3 is 2.94 bits per heavy atom. The molecule has 2 aromatic heterocycles. The van der Waals surface area contributed by atoms with Crippen LogP contribution < -0.4 is 10.1 Å². The summed E-state index contributed by atoms with van der Waals surface area (Å²) in [7, 11) is 3.55. The van der Waals surface area contributed by atoms with Gasteiger partial charge in [-0.2, -0.15) is 0 Å². The smallest absolute Gasteiger partial charge is 0.213 e. The molecule has 0 bridgehead atoms. The first-order chi connectivity index (χ1) is 8.24. The quantitative estimate of drug-likeness (QED) is 0.904. The van der Waals surface area contributed by atoms with Crippen molar-refractivity contribution in [2.45, 2.75) is 13.0 Å². The monoisotopic (exact) mass is 249 g/mol. The van der Waals surface area contributed by atoms with Crippen LogP contribution >= 0.6 is 11.3 Å². The second-order valence-electron chi connectivity index (χ2n) is 3.64. The number of ether oxygens (including phenoxy) is 1. The van der Waals surface area contributed by atoms with Gasteiger partial charge in [-0.3, -0.25) is 0 Å². The maximum absolute atomic E-state index is 5.11. The Balaban J connectivity index is 2.30. The van der Waals surface area contributed by atoms with Crippen LogP contribution in [0.15, 0.2) is 24.4 Å². The maximum atomic E-state index is 5.11. The van der Waals surface area contributed by atoms with E-state index in [9.17, 15) is 0 Å². The third-order valence-electron chi connectivity index (χ3n) is 2.54. The molecule has 1 atom stereocenters. The molecule has 2 heterocycles. The van der Waals surface area contributed by atoms with E-state index in [2.05, 4.69) is 22.2 Å². The first-order valence-corrected chi connectivity index (χ1v) is 6.20. The van der Waals surface area contributed by atoms with E-state index in [4.69, 9.17) is 4.74 Å². The number of nitrogens with one attached hydrogen (secondary N) is 1. The fraction of sp³-hybridized carbons (Fsp3) is 0.333. The van der Waals surface area contributed by atoms with Crippen LogP contribution in [0, 0.1) is 0 Å². The number of aromatic nitrogens is 2. The fourth-order valence-corrected chi connectivity index (χ4v) is 2.34. The predicted octanol–water partition coefficient (Wildman–Crippen LogP) is 2.49. The summed E-state index contributed by atoms with van der Waals surface area (Å²) in [4.78, 5) is 9.96. The van der Waals surface area contributed by atoms with E-state index in [0.29, 0.717) is 11.9 Å². The van der Waals surface area contributed by atoms with Crippen LogP contribution in [0.2, 0.25) is 0 Å². The number of methoxy groups -OCH3 is 1. The molecule has 0 fully saturated rings.